The van der Waals surface area contributed by atoms with Gasteiger partial charge in [0.25, 0.3) is 10.0 Å². The smallest absolute Gasteiger partial charge is 0.269 e. The van der Waals surface area contributed by atoms with Crippen LogP contribution in [0.3, 0.4) is 0 Å². The molecular formula is C24H21N9O2S. The summed E-state index contributed by atoms with van der Waals surface area (Å²) >= 11 is 0. The highest BCUT2D eigenvalue weighted by Crippen LogP contribution is 2.27. The summed E-state index contributed by atoms with van der Waals surface area (Å²) in [6.07, 6.45) is 7.78. The van der Waals surface area contributed by atoms with Crippen LogP contribution in [0, 0.1) is 24.2 Å². The summed E-state index contributed by atoms with van der Waals surface area (Å²) in [5.41, 5.74) is 2.80. The topological polar surface area (TPSA) is 135 Å². The molecule has 1 aromatic carbocycles. The first-order chi connectivity index (χ1) is 17.4. The predicted octanol–water partition coefficient (Wildman–Crippen LogP) is 2.36. The van der Waals surface area contributed by atoms with E-state index in [1.54, 1.807) is 42.7 Å². The molecule has 11 nitrogen and oxygen atoms in total. The molecule has 0 unspecified atom stereocenters. The Bertz CT molecular complexity index is 1730. The number of hydrogen-bond acceptors (Lipinski definition) is 9. The van der Waals surface area contributed by atoms with Gasteiger partial charge >= 0.3 is 0 Å². The number of nitriles is 1. The molecular weight excluding hydrogens is 478 g/mol. The average molecular weight is 500 g/mol. The summed E-state index contributed by atoms with van der Waals surface area (Å²) in [5, 5.41) is 17.6. The van der Waals surface area contributed by atoms with E-state index in [0.717, 1.165) is 36.7 Å². The minimum Gasteiger partial charge on any atom is -0.355 e. The van der Waals surface area contributed by atoms with Crippen molar-refractivity contribution >= 4 is 32.7 Å². The van der Waals surface area contributed by atoms with E-state index in [4.69, 9.17) is 5.26 Å². The number of aromatic nitrogens is 7. The van der Waals surface area contributed by atoms with Crippen LogP contribution in [0.2, 0.25) is 0 Å². The first kappa shape index (κ1) is 22.1. The lowest BCUT2D eigenvalue weighted by atomic mass is 10.0. The Kier molecular flexibility index (Phi) is 5.15. The molecule has 0 N–H and O–H groups in total. The average Bonchev–Trinajstić information content (AvgIpc) is 3.63. The third-order valence-corrected chi connectivity index (χ3v) is 8.20. The Balaban J connectivity index is 1.31. The van der Waals surface area contributed by atoms with Crippen LogP contribution in [-0.2, 0) is 16.4 Å². The fourth-order valence-electron chi connectivity index (χ4n) is 4.65. The number of hydrogen-bond donors (Lipinski definition) is 0. The molecule has 6 rings (SSSR count). The Hall–Kier alpha value is -4.37. The number of rotatable bonds is 5. The molecule has 5 aromatic rings. The Morgan fingerprint density at radius 2 is 1.89 bits per heavy atom. The van der Waals surface area contributed by atoms with Crippen LogP contribution in [0.1, 0.15) is 23.5 Å². The van der Waals surface area contributed by atoms with Crippen molar-refractivity contribution in [3.05, 3.63) is 72.2 Å². The van der Waals surface area contributed by atoms with Crippen LogP contribution in [-0.4, -0.2) is 55.0 Å². The molecule has 0 saturated carbocycles. The van der Waals surface area contributed by atoms with Crippen molar-refractivity contribution in [1.29, 1.82) is 5.26 Å². The van der Waals surface area contributed by atoms with Gasteiger partial charge in [0, 0.05) is 25.7 Å². The lowest BCUT2D eigenvalue weighted by molar-refractivity contribution is 0.565. The summed E-state index contributed by atoms with van der Waals surface area (Å²) in [6.45, 7) is 3.51. The van der Waals surface area contributed by atoms with Gasteiger partial charge in [-0.2, -0.15) is 5.26 Å². The summed E-state index contributed by atoms with van der Waals surface area (Å²) < 4.78 is 29.7. The lowest BCUT2D eigenvalue weighted by Crippen LogP contribution is -2.21. The third kappa shape index (κ3) is 3.64. The first-order valence-corrected chi connectivity index (χ1v) is 12.9. The Morgan fingerprint density at radius 1 is 1.06 bits per heavy atom. The van der Waals surface area contributed by atoms with Gasteiger partial charge in [0.05, 0.1) is 29.0 Å². The van der Waals surface area contributed by atoms with Crippen molar-refractivity contribution in [2.24, 2.45) is 5.92 Å². The summed E-state index contributed by atoms with van der Waals surface area (Å²) in [7, 11) is -3.81. The van der Waals surface area contributed by atoms with Crippen LogP contribution in [0.25, 0.3) is 16.8 Å². The summed E-state index contributed by atoms with van der Waals surface area (Å²) in [4.78, 5) is 15.2. The van der Waals surface area contributed by atoms with Crippen molar-refractivity contribution < 1.29 is 8.42 Å². The number of anilines is 1. The largest absolute Gasteiger partial charge is 0.355 e. The van der Waals surface area contributed by atoms with Crippen LogP contribution in [0.5, 0.6) is 0 Å². The standard InChI is InChI=1S/C24H21N9O2S/c1-16-2-4-19(5-3-16)36(34,35)32-9-7-20-24(32)28-14-23-30-29-21(33(20)23)10-17-6-8-31(15-17)22-13-26-18(11-25)12-27-22/h2-5,7,9,12-14,17H,6,8,10,15H2,1H3/t17-/m0/s1. The molecule has 1 atom stereocenters. The van der Waals surface area contributed by atoms with E-state index < -0.39 is 10.0 Å². The lowest BCUT2D eigenvalue weighted by Gasteiger charge is -2.16. The number of fused-ring (bicyclic) bond motifs is 3. The van der Waals surface area contributed by atoms with Gasteiger partial charge < -0.3 is 4.90 Å². The second-order valence-corrected chi connectivity index (χ2v) is 10.7. The van der Waals surface area contributed by atoms with E-state index in [2.05, 4.69) is 30.0 Å². The van der Waals surface area contributed by atoms with E-state index >= 15 is 0 Å². The minimum atomic E-state index is -3.81. The molecule has 1 fully saturated rings. The normalized spacial score (nSPS) is 16.1. The maximum absolute atomic E-state index is 13.3. The SMILES string of the molecule is Cc1ccc(S(=O)(=O)n2ccc3c2ncc2nnc(C[C@@H]4CCN(c5cnc(C#N)cn5)C4)n23)cc1. The maximum Gasteiger partial charge on any atom is 0.269 e. The fourth-order valence-corrected chi connectivity index (χ4v) is 5.94. The van der Waals surface area contributed by atoms with E-state index in [-0.39, 0.29) is 4.90 Å². The Labute approximate surface area is 206 Å². The van der Waals surface area contributed by atoms with Crippen molar-refractivity contribution in [1.82, 2.24) is 33.5 Å². The molecule has 0 aliphatic carbocycles. The number of nitrogens with zero attached hydrogens (tertiary/aromatic N) is 9. The minimum absolute atomic E-state index is 0.202. The molecule has 0 radical (unpaired) electrons. The van der Waals surface area contributed by atoms with E-state index in [1.807, 2.05) is 17.4 Å². The molecule has 0 spiro atoms. The molecule has 12 heteroatoms. The van der Waals surface area contributed by atoms with Gasteiger partial charge in [-0.1, -0.05) is 17.7 Å². The monoisotopic (exact) mass is 499 g/mol. The Morgan fingerprint density at radius 3 is 2.64 bits per heavy atom. The molecule has 1 saturated heterocycles. The highest BCUT2D eigenvalue weighted by atomic mass is 32.2. The van der Waals surface area contributed by atoms with Gasteiger partial charge in [-0.05, 0) is 37.5 Å². The van der Waals surface area contributed by atoms with Gasteiger partial charge in [0.1, 0.15) is 17.7 Å². The van der Waals surface area contributed by atoms with Crippen molar-refractivity contribution in [3.63, 3.8) is 0 Å². The van der Waals surface area contributed by atoms with E-state index in [0.29, 0.717) is 34.8 Å². The zero-order valence-corrected chi connectivity index (χ0v) is 20.2. The predicted molar refractivity (Wildman–Crippen MR) is 131 cm³/mol. The van der Waals surface area contributed by atoms with Gasteiger partial charge in [0.2, 0.25) is 0 Å². The van der Waals surface area contributed by atoms with Crippen LogP contribution in [0.4, 0.5) is 5.82 Å². The quantitative estimate of drug-likeness (QED) is 0.357. The first-order valence-electron chi connectivity index (χ1n) is 11.4. The van der Waals surface area contributed by atoms with Gasteiger partial charge in [-0.3, -0.25) is 4.40 Å². The molecule has 1 aliphatic heterocycles. The van der Waals surface area contributed by atoms with Crippen molar-refractivity contribution in [2.75, 3.05) is 18.0 Å². The second kappa shape index (κ2) is 8.39. The van der Waals surface area contributed by atoms with E-state index in [1.165, 1.54) is 16.4 Å². The van der Waals surface area contributed by atoms with Gasteiger partial charge in [-0.15, -0.1) is 10.2 Å². The molecule has 180 valence electrons. The zero-order valence-electron chi connectivity index (χ0n) is 19.4. The van der Waals surface area contributed by atoms with Crippen LogP contribution < -0.4 is 4.90 Å². The second-order valence-electron chi connectivity index (χ2n) is 8.88. The molecule has 36 heavy (non-hydrogen) atoms. The highest BCUT2D eigenvalue weighted by molar-refractivity contribution is 7.90. The third-order valence-electron chi connectivity index (χ3n) is 6.52. The molecule has 4 aromatic heterocycles. The highest BCUT2D eigenvalue weighted by Gasteiger charge is 2.27. The molecule has 0 amide bonds. The number of benzene rings is 1. The molecule has 0 bridgehead atoms. The van der Waals surface area contributed by atoms with Crippen LogP contribution in [0.15, 0.2) is 60.0 Å². The number of aryl methyl sites for hydroxylation is 1. The van der Waals surface area contributed by atoms with E-state index in [9.17, 15) is 8.42 Å². The zero-order chi connectivity index (χ0) is 24.9. The summed E-state index contributed by atoms with van der Waals surface area (Å²) in [5.74, 6) is 1.80. The maximum atomic E-state index is 13.3. The fraction of sp³-hybridized carbons (Fsp3) is 0.250. The van der Waals surface area contributed by atoms with Gasteiger partial charge in [0.15, 0.2) is 17.0 Å². The van der Waals surface area contributed by atoms with Crippen LogP contribution >= 0.6 is 0 Å². The molecule has 1 aliphatic rings. The molecule has 5 heterocycles. The van der Waals surface area contributed by atoms with Gasteiger partial charge in [-0.25, -0.2) is 27.3 Å². The van der Waals surface area contributed by atoms with Crippen molar-refractivity contribution in [3.8, 4) is 6.07 Å². The summed E-state index contributed by atoms with van der Waals surface area (Å²) in [6, 6.07) is 10.5. The van der Waals surface area contributed by atoms with Crippen molar-refractivity contribution in [2.45, 2.75) is 24.7 Å².